The molecule has 118 valence electrons. The van der Waals surface area contributed by atoms with E-state index in [4.69, 9.17) is 16.3 Å². The van der Waals surface area contributed by atoms with Crippen LogP contribution in [0.25, 0.3) is 0 Å². The Morgan fingerprint density at radius 1 is 1.38 bits per heavy atom. The predicted molar refractivity (Wildman–Crippen MR) is 85.3 cm³/mol. The predicted octanol–water partition coefficient (Wildman–Crippen LogP) is 4.06. The van der Waals surface area contributed by atoms with Crippen molar-refractivity contribution in [1.29, 1.82) is 0 Å². The van der Waals surface area contributed by atoms with E-state index in [-0.39, 0.29) is 10.8 Å². The Labute approximate surface area is 132 Å². The van der Waals surface area contributed by atoms with Crippen molar-refractivity contribution in [3.63, 3.8) is 0 Å². The van der Waals surface area contributed by atoms with Gasteiger partial charge in [-0.1, -0.05) is 49.4 Å². The molecule has 2 nitrogen and oxygen atoms in total. The minimum atomic E-state index is -0.313. The summed E-state index contributed by atoms with van der Waals surface area (Å²) in [4.78, 5) is 0. The van der Waals surface area contributed by atoms with Crippen LogP contribution < -0.4 is 5.32 Å². The molecule has 0 amide bonds. The van der Waals surface area contributed by atoms with Crippen molar-refractivity contribution in [2.24, 2.45) is 11.8 Å². The van der Waals surface area contributed by atoms with Crippen LogP contribution in [0.3, 0.4) is 0 Å². The molecule has 0 aliphatic heterocycles. The van der Waals surface area contributed by atoms with Gasteiger partial charge in [0.25, 0.3) is 0 Å². The van der Waals surface area contributed by atoms with Crippen molar-refractivity contribution in [3.05, 3.63) is 34.6 Å². The molecule has 1 aliphatic rings. The smallest absolute Gasteiger partial charge is 0.142 e. The van der Waals surface area contributed by atoms with Gasteiger partial charge < -0.3 is 10.1 Å². The Kier molecular flexibility index (Phi) is 6.94. The number of halogens is 2. The fourth-order valence-corrected chi connectivity index (χ4v) is 3.49. The number of ether oxygens (including phenoxy) is 1. The highest BCUT2D eigenvalue weighted by Crippen LogP contribution is 2.34. The molecule has 1 fully saturated rings. The van der Waals surface area contributed by atoms with Gasteiger partial charge >= 0.3 is 0 Å². The Morgan fingerprint density at radius 2 is 2.14 bits per heavy atom. The number of methoxy groups -OCH3 is 1. The van der Waals surface area contributed by atoms with Crippen molar-refractivity contribution in [1.82, 2.24) is 5.32 Å². The first-order valence-electron chi connectivity index (χ1n) is 7.85. The van der Waals surface area contributed by atoms with Gasteiger partial charge in [0.15, 0.2) is 0 Å². The maximum absolute atomic E-state index is 13.6. The Morgan fingerprint density at radius 3 is 2.86 bits per heavy atom. The standard InChI is InChI=1S/C17H25ClFNO/c1-21-10-9-20-12-15(13-5-2-3-6-13)11-14-7-4-8-16(19)17(14)18/h4,7-8,13,15,20H,2-3,5-6,9-12H2,1H3. The molecule has 1 saturated carbocycles. The Hall–Kier alpha value is -0.640. The van der Waals surface area contributed by atoms with E-state index in [1.807, 2.05) is 6.07 Å². The molecule has 1 aliphatic carbocycles. The summed E-state index contributed by atoms with van der Waals surface area (Å²) in [6.07, 6.45) is 6.04. The van der Waals surface area contributed by atoms with E-state index in [1.165, 1.54) is 31.7 Å². The van der Waals surface area contributed by atoms with Gasteiger partial charge in [-0.3, -0.25) is 0 Å². The van der Waals surface area contributed by atoms with Crippen molar-refractivity contribution < 1.29 is 9.13 Å². The monoisotopic (exact) mass is 313 g/mol. The van der Waals surface area contributed by atoms with Crippen LogP contribution in [0.15, 0.2) is 18.2 Å². The molecular formula is C17H25ClFNO. The number of hydrogen-bond acceptors (Lipinski definition) is 2. The van der Waals surface area contributed by atoms with E-state index in [0.717, 1.165) is 37.6 Å². The van der Waals surface area contributed by atoms with Crippen LogP contribution >= 0.6 is 11.6 Å². The summed E-state index contributed by atoms with van der Waals surface area (Å²) in [5.74, 6) is 0.926. The molecule has 0 radical (unpaired) electrons. The fraction of sp³-hybridized carbons (Fsp3) is 0.647. The van der Waals surface area contributed by atoms with Crippen LogP contribution in [0.1, 0.15) is 31.2 Å². The molecule has 0 bridgehead atoms. The summed E-state index contributed by atoms with van der Waals surface area (Å²) in [6.45, 7) is 2.52. The van der Waals surface area contributed by atoms with Crippen LogP contribution in [0.4, 0.5) is 4.39 Å². The van der Waals surface area contributed by atoms with Crippen LogP contribution in [0, 0.1) is 17.7 Å². The molecule has 4 heteroatoms. The Bertz CT molecular complexity index is 435. The minimum Gasteiger partial charge on any atom is -0.383 e. The average molecular weight is 314 g/mol. The number of benzene rings is 1. The first kappa shape index (κ1) is 16.7. The Balaban J connectivity index is 1.98. The van der Waals surface area contributed by atoms with Gasteiger partial charge in [0.2, 0.25) is 0 Å². The molecule has 1 N–H and O–H groups in total. The maximum atomic E-state index is 13.6. The topological polar surface area (TPSA) is 21.3 Å². The highest BCUT2D eigenvalue weighted by Gasteiger charge is 2.25. The highest BCUT2D eigenvalue weighted by molar-refractivity contribution is 6.31. The van der Waals surface area contributed by atoms with E-state index >= 15 is 0 Å². The number of hydrogen-bond donors (Lipinski definition) is 1. The molecule has 0 heterocycles. The lowest BCUT2D eigenvalue weighted by atomic mass is 9.85. The molecule has 1 aromatic rings. The second-order valence-corrected chi connectivity index (χ2v) is 6.30. The molecule has 1 aromatic carbocycles. The van der Waals surface area contributed by atoms with Crippen LogP contribution in [-0.4, -0.2) is 26.8 Å². The molecule has 0 aromatic heterocycles. The lowest BCUT2D eigenvalue weighted by Crippen LogP contribution is -2.31. The summed E-state index contributed by atoms with van der Waals surface area (Å²) in [5.41, 5.74) is 0.933. The zero-order chi connectivity index (χ0) is 15.1. The van der Waals surface area contributed by atoms with Crippen molar-refractivity contribution in [2.45, 2.75) is 32.1 Å². The molecule has 1 unspecified atom stereocenters. The van der Waals surface area contributed by atoms with Crippen LogP contribution in [0.2, 0.25) is 5.02 Å². The lowest BCUT2D eigenvalue weighted by Gasteiger charge is -2.24. The van der Waals surface area contributed by atoms with Crippen molar-refractivity contribution in [3.8, 4) is 0 Å². The SMILES string of the molecule is COCCNCC(Cc1cccc(F)c1Cl)C1CCCC1. The van der Waals surface area contributed by atoms with Gasteiger partial charge in [-0.2, -0.15) is 0 Å². The zero-order valence-electron chi connectivity index (χ0n) is 12.7. The number of rotatable bonds is 8. The van der Waals surface area contributed by atoms with Gasteiger partial charge in [0.1, 0.15) is 5.82 Å². The quantitative estimate of drug-likeness (QED) is 0.731. The normalized spacial score (nSPS) is 17.3. The van der Waals surface area contributed by atoms with Crippen molar-refractivity contribution in [2.75, 3.05) is 26.8 Å². The van der Waals surface area contributed by atoms with Crippen LogP contribution in [0.5, 0.6) is 0 Å². The molecule has 21 heavy (non-hydrogen) atoms. The highest BCUT2D eigenvalue weighted by atomic mass is 35.5. The first-order valence-corrected chi connectivity index (χ1v) is 8.22. The third-order valence-corrected chi connectivity index (χ3v) is 4.89. The van der Waals surface area contributed by atoms with Gasteiger partial charge in [0.05, 0.1) is 11.6 Å². The van der Waals surface area contributed by atoms with Gasteiger partial charge in [0, 0.05) is 13.7 Å². The average Bonchev–Trinajstić information content (AvgIpc) is 3.01. The zero-order valence-corrected chi connectivity index (χ0v) is 13.5. The number of nitrogens with one attached hydrogen (secondary N) is 1. The van der Waals surface area contributed by atoms with Crippen molar-refractivity contribution >= 4 is 11.6 Å². The minimum absolute atomic E-state index is 0.289. The summed E-state index contributed by atoms with van der Waals surface area (Å²) in [7, 11) is 1.71. The summed E-state index contributed by atoms with van der Waals surface area (Å²) in [5, 5.41) is 3.75. The van der Waals surface area contributed by atoms with Gasteiger partial charge in [-0.05, 0) is 36.4 Å². The molecule has 0 saturated heterocycles. The second kappa shape index (κ2) is 8.72. The van der Waals surface area contributed by atoms with E-state index in [1.54, 1.807) is 13.2 Å². The van der Waals surface area contributed by atoms with E-state index in [9.17, 15) is 4.39 Å². The molecule has 2 rings (SSSR count). The maximum Gasteiger partial charge on any atom is 0.142 e. The van der Waals surface area contributed by atoms with E-state index in [2.05, 4.69) is 5.32 Å². The summed E-state index contributed by atoms with van der Waals surface area (Å²) in [6, 6.07) is 5.12. The van der Waals surface area contributed by atoms with E-state index < -0.39 is 0 Å². The molecule has 0 spiro atoms. The second-order valence-electron chi connectivity index (χ2n) is 5.92. The van der Waals surface area contributed by atoms with Gasteiger partial charge in [-0.25, -0.2) is 4.39 Å². The van der Waals surface area contributed by atoms with Crippen LogP contribution in [-0.2, 0) is 11.2 Å². The van der Waals surface area contributed by atoms with E-state index in [0.29, 0.717) is 5.92 Å². The summed E-state index contributed by atoms with van der Waals surface area (Å²) >= 11 is 6.11. The largest absolute Gasteiger partial charge is 0.383 e. The lowest BCUT2D eigenvalue weighted by molar-refractivity contribution is 0.195. The molecule has 1 atom stereocenters. The summed E-state index contributed by atoms with van der Waals surface area (Å²) < 4.78 is 18.7. The first-order chi connectivity index (χ1) is 10.2. The fourth-order valence-electron chi connectivity index (χ4n) is 3.28. The third-order valence-electron chi connectivity index (χ3n) is 4.47. The third kappa shape index (κ3) is 4.94. The van der Waals surface area contributed by atoms with Gasteiger partial charge in [-0.15, -0.1) is 0 Å². The molecular weight excluding hydrogens is 289 g/mol.